The topological polar surface area (TPSA) is 64.0 Å². The highest BCUT2D eigenvalue weighted by molar-refractivity contribution is 9.10. The van der Waals surface area contributed by atoms with E-state index in [0.29, 0.717) is 20.9 Å². The molecule has 0 saturated carbocycles. The van der Waals surface area contributed by atoms with E-state index >= 15 is 0 Å². The molecular formula is C23H19BrClN3O2S. The number of hydrogen-bond donors (Lipinski definition) is 1. The number of benzene rings is 2. The minimum Gasteiger partial charge on any atom is -0.324 e. The highest BCUT2D eigenvalue weighted by Crippen LogP contribution is 2.36. The molecule has 0 saturated heterocycles. The first-order chi connectivity index (χ1) is 14.8. The number of anilines is 1. The number of aromatic nitrogens is 2. The summed E-state index contributed by atoms with van der Waals surface area (Å²) in [5.41, 5.74) is 2.95. The van der Waals surface area contributed by atoms with Gasteiger partial charge in [-0.1, -0.05) is 45.7 Å². The molecule has 0 aliphatic rings. The molecule has 158 valence electrons. The molecule has 2 aromatic carbocycles. The van der Waals surface area contributed by atoms with Crippen LogP contribution in [0.25, 0.3) is 21.3 Å². The van der Waals surface area contributed by atoms with Gasteiger partial charge in [-0.25, -0.2) is 4.98 Å². The Kier molecular flexibility index (Phi) is 6.01. The molecule has 4 aromatic rings. The van der Waals surface area contributed by atoms with Gasteiger partial charge < -0.3 is 5.32 Å². The summed E-state index contributed by atoms with van der Waals surface area (Å²) in [6, 6.07) is 12.4. The minimum atomic E-state index is -0.749. The summed E-state index contributed by atoms with van der Waals surface area (Å²) in [6.07, 6.45) is 1.45. The lowest BCUT2D eigenvalue weighted by atomic mass is 10.0. The van der Waals surface area contributed by atoms with Crippen molar-refractivity contribution >= 4 is 60.7 Å². The summed E-state index contributed by atoms with van der Waals surface area (Å²) >= 11 is 11.1. The third-order valence-corrected chi connectivity index (χ3v) is 7.22. The maximum atomic E-state index is 13.4. The first-order valence-corrected chi connectivity index (χ1v) is 11.6. The summed E-state index contributed by atoms with van der Waals surface area (Å²) in [5.74, 6) is -0.314. The van der Waals surface area contributed by atoms with Crippen molar-refractivity contribution in [2.45, 2.75) is 26.8 Å². The van der Waals surface area contributed by atoms with Gasteiger partial charge >= 0.3 is 0 Å². The molecule has 5 nitrogen and oxygen atoms in total. The predicted molar refractivity (Wildman–Crippen MR) is 131 cm³/mol. The maximum absolute atomic E-state index is 13.4. The molecule has 0 spiro atoms. The Morgan fingerprint density at radius 1 is 1.19 bits per heavy atom. The zero-order chi connectivity index (χ0) is 22.3. The number of carbonyl (C=O) groups is 1. The molecule has 8 heteroatoms. The first kappa shape index (κ1) is 21.7. The number of thiophene rings is 1. The fourth-order valence-corrected chi connectivity index (χ4v) is 4.90. The molecule has 31 heavy (non-hydrogen) atoms. The lowest BCUT2D eigenvalue weighted by Crippen LogP contribution is -2.31. The number of nitrogens with one attached hydrogen (secondary N) is 1. The zero-order valence-electron chi connectivity index (χ0n) is 17.1. The Morgan fingerprint density at radius 2 is 1.90 bits per heavy atom. The van der Waals surface area contributed by atoms with Gasteiger partial charge in [-0.15, -0.1) is 11.3 Å². The number of aryl methyl sites for hydroxylation is 1. The van der Waals surface area contributed by atoms with Crippen molar-refractivity contribution in [3.05, 3.63) is 79.1 Å². The number of halogens is 2. The Hall–Kier alpha value is -2.48. The smallest absolute Gasteiger partial charge is 0.263 e. The van der Waals surface area contributed by atoms with Crippen molar-refractivity contribution in [3.63, 3.8) is 0 Å². The summed E-state index contributed by atoms with van der Waals surface area (Å²) < 4.78 is 2.34. The molecule has 2 aromatic heterocycles. The molecule has 1 atom stereocenters. The van der Waals surface area contributed by atoms with Crippen LogP contribution in [0, 0.1) is 13.8 Å². The van der Waals surface area contributed by atoms with E-state index in [1.807, 2.05) is 38.1 Å². The molecule has 2 heterocycles. The van der Waals surface area contributed by atoms with Gasteiger partial charge in [0.2, 0.25) is 5.91 Å². The van der Waals surface area contributed by atoms with Gasteiger partial charge in [0.1, 0.15) is 10.9 Å². The van der Waals surface area contributed by atoms with Crippen LogP contribution >= 0.6 is 38.9 Å². The number of fused-ring (bicyclic) bond motifs is 1. The molecule has 0 radical (unpaired) electrons. The van der Waals surface area contributed by atoms with E-state index in [2.05, 4.69) is 26.2 Å². The molecule has 0 aliphatic heterocycles. The highest BCUT2D eigenvalue weighted by atomic mass is 79.9. The molecule has 0 bridgehead atoms. The van der Waals surface area contributed by atoms with Crippen LogP contribution < -0.4 is 10.9 Å². The van der Waals surface area contributed by atoms with Crippen molar-refractivity contribution in [1.29, 1.82) is 0 Å². The predicted octanol–water partition coefficient (Wildman–Crippen LogP) is 6.36. The summed E-state index contributed by atoms with van der Waals surface area (Å²) in [4.78, 5) is 32.5. The molecule has 0 aliphatic carbocycles. The van der Waals surface area contributed by atoms with Crippen LogP contribution in [0.15, 0.2) is 58.1 Å². The molecule has 4 rings (SSSR count). The lowest BCUT2D eigenvalue weighted by Gasteiger charge is -2.16. The van der Waals surface area contributed by atoms with Crippen LogP contribution in [0.1, 0.15) is 23.4 Å². The monoisotopic (exact) mass is 515 g/mol. The maximum Gasteiger partial charge on any atom is 0.263 e. The van der Waals surface area contributed by atoms with Crippen molar-refractivity contribution in [1.82, 2.24) is 9.55 Å². The van der Waals surface area contributed by atoms with E-state index in [1.54, 1.807) is 25.1 Å². The van der Waals surface area contributed by atoms with E-state index in [0.717, 1.165) is 26.0 Å². The fourth-order valence-electron chi connectivity index (χ4n) is 3.46. The quantitative estimate of drug-likeness (QED) is 0.343. The SMILES string of the molecule is Cc1sc2ncn(C(C)C(=O)Nc3cccc(Cl)c3C)c(=O)c2c1-c1ccc(Br)cc1. The Balaban J connectivity index is 1.76. The third-order valence-electron chi connectivity index (χ3n) is 5.27. The van der Waals surface area contributed by atoms with Gasteiger partial charge in [-0.2, -0.15) is 0 Å². The summed E-state index contributed by atoms with van der Waals surface area (Å²) in [6.45, 7) is 5.50. The molecule has 1 amide bonds. The summed E-state index contributed by atoms with van der Waals surface area (Å²) in [7, 11) is 0. The summed E-state index contributed by atoms with van der Waals surface area (Å²) in [5, 5.41) is 3.97. The molecular weight excluding hydrogens is 498 g/mol. The Morgan fingerprint density at radius 3 is 2.61 bits per heavy atom. The van der Waals surface area contributed by atoms with Gasteiger partial charge in [0.25, 0.3) is 5.56 Å². The van der Waals surface area contributed by atoms with Gasteiger partial charge in [0, 0.05) is 25.6 Å². The van der Waals surface area contributed by atoms with Gasteiger partial charge in [-0.3, -0.25) is 14.2 Å². The van der Waals surface area contributed by atoms with Crippen LogP contribution in [0.2, 0.25) is 5.02 Å². The van der Waals surface area contributed by atoms with Gasteiger partial charge in [0.05, 0.1) is 11.7 Å². The van der Waals surface area contributed by atoms with E-state index in [9.17, 15) is 9.59 Å². The normalized spacial score (nSPS) is 12.2. The van der Waals surface area contributed by atoms with Gasteiger partial charge in [-0.05, 0) is 56.2 Å². The lowest BCUT2D eigenvalue weighted by molar-refractivity contribution is -0.118. The van der Waals surface area contributed by atoms with Gasteiger partial charge in [0.15, 0.2) is 0 Å². The first-order valence-electron chi connectivity index (χ1n) is 9.60. The average Bonchev–Trinajstić information content (AvgIpc) is 3.08. The Bertz CT molecular complexity index is 1360. The van der Waals surface area contributed by atoms with E-state index in [1.165, 1.54) is 22.2 Å². The van der Waals surface area contributed by atoms with Crippen molar-refractivity contribution < 1.29 is 4.79 Å². The van der Waals surface area contributed by atoms with Crippen molar-refractivity contribution in [2.24, 2.45) is 0 Å². The fraction of sp³-hybridized carbons (Fsp3) is 0.174. The average molecular weight is 517 g/mol. The van der Waals surface area contributed by atoms with Crippen LogP contribution in [0.4, 0.5) is 5.69 Å². The standard InChI is InChI=1S/C23H19BrClN3O2S/c1-12-17(25)5-4-6-18(12)27-21(29)13(2)28-11-26-22-20(23(28)30)19(14(3)31-22)15-7-9-16(24)10-8-15/h4-11,13H,1-3H3,(H,27,29). The largest absolute Gasteiger partial charge is 0.324 e. The molecule has 0 fully saturated rings. The number of amides is 1. The number of carbonyl (C=O) groups excluding carboxylic acids is 1. The van der Waals surface area contributed by atoms with E-state index in [-0.39, 0.29) is 11.5 Å². The molecule has 1 unspecified atom stereocenters. The Labute approximate surface area is 196 Å². The van der Waals surface area contributed by atoms with Crippen LogP contribution in [0.5, 0.6) is 0 Å². The zero-order valence-corrected chi connectivity index (χ0v) is 20.2. The van der Waals surface area contributed by atoms with Crippen molar-refractivity contribution in [3.8, 4) is 11.1 Å². The highest BCUT2D eigenvalue weighted by Gasteiger charge is 2.22. The second-order valence-corrected chi connectivity index (χ2v) is 9.78. The minimum absolute atomic E-state index is 0.238. The number of hydrogen-bond acceptors (Lipinski definition) is 4. The van der Waals surface area contributed by atoms with Crippen LogP contribution in [-0.2, 0) is 4.79 Å². The third kappa shape index (κ3) is 4.05. The van der Waals surface area contributed by atoms with E-state index < -0.39 is 6.04 Å². The number of rotatable bonds is 4. The second kappa shape index (κ2) is 8.57. The molecule has 1 N–H and O–H groups in total. The van der Waals surface area contributed by atoms with Crippen molar-refractivity contribution in [2.75, 3.05) is 5.32 Å². The van der Waals surface area contributed by atoms with E-state index in [4.69, 9.17) is 11.6 Å². The number of nitrogens with zero attached hydrogens (tertiary/aromatic N) is 2. The second-order valence-electron chi connectivity index (χ2n) is 7.25. The van der Waals surface area contributed by atoms with Crippen LogP contribution in [0.3, 0.4) is 0 Å². The van der Waals surface area contributed by atoms with Crippen LogP contribution in [-0.4, -0.2) is 15.5 Å².